The monoisotopic (exact) mass is 410 g/mol. The number of aromatic nitrogens is 2. The number of nitrogens with two attached hydrogens (primary N) is 1. The van der Waals surface area contributed by atoms with Gasteiger partial charge in [-0.05, 0) is 43.6 Å². The SMILES string of the molecule is CC1CCc2c(sc3nc(CCC(=O)N4CCCC(N)C4)[nH]c(=O)c23)C1.Cl. The summed E-state index contributed by atoms with van der Waals surface area (Å²) in [5.74, 6) is 1.38. The molecule has 2 aromatic heterocycles. The molecule has 1 aliphatic heterocycles. The second-order valence-electron chi connectivity index (χ2n) is 7.79. The molecule has 2 atom stereocenters. The zero-order chi connectivity index (χ0) is 18.3. The van der Waals surface area contributed by atoms with Crippen LogP contribution in [-0.2, 0) is 24.1 Å². The van der Waals surface area contributed by atoms with Gasteiger partial charge >= 0.3 is 0 Å². The second-order valence-corrected chi connectivity index (χ2v) is 8.87. The summed E-state index contributed by atoms with van der Waals surface area (Å²) in [6.07, 6.45) is 5.92. The molecule has 6 nitrogen and oxygen atoms in total. The van der Waals surface area contributed by atoms with Crippen LogP contribution in [0.2, 0.25) is 0 Å². The molecule has 0 aromatic carbocycles. The predicted molar refractivity (Wildman–Crippen MR) is 111 cm³/mol. The molecule has 0 saturated carbocycles. The van der Waals surface area contributed by atoms with E-state index in [1.807, 2.05) is 4.90 Å². The van der Waals surface area contributed by atoms with Crippen molar-refractivity contribution in [2.24, 2.45) is 11.7 Å². The van der Waals surface area contributed by atoms with Crippen LogP contribution in [0.3, 0.4) is 0 Å². The molecule has 148 valence electrons. The number of aromatic amines is 1. The van der Waals surface area contributed by atoms with Crippen LogP contribution in [0, 0.1) is 5.92 Å². The number of thiophene rings is 1. The maximum absolute atomic E-state index is 12.6. The number of hydrogen-bond acceptors (Lipinski definition) is 5. The number of carbonyl (C=O) groups excluding carboxylic acids is 1. The number of carbonyl (C=O) groups is 1. The fourth-order valence-electron chi connectivity index (χ4n) is 4.13. The van der Waals surface area contributed by atoms with Crippen LogP contribution >= 0.6 is 23.7 Å². The van der Waals surface area contributed by atoms with Gasteiger partial charge in [0.15, 0.2) is 0 Å². The van der Waals surface area contributed by atoms with E-state index in [0.29, 0.717) is 31.1 Å². The van der Waals surface area contributed by atoms with Crippen LogP contribution in [-0.4, -0.2) is 39.9 Å². The minimum atomic E-state index is -0.0514. The van der Waals surface area contributed by atoms with E-state index in [1.54, 1.807) is 11.3 Å². The van der Waals surface area contributed by atoms with Crippen LogP contribution in [0.1, 0.15) is 48.9 Å². The molecule has 1 saturated heterocycles. The Balaban J connectivity index is 0.00000210. The molecule has 2 unspecified atom stereocenters. The zero-order valence-corrected chi connectivity index (χ0v) is 17.3. The third kappa shape index (κ3) is 4.20. The Hall–Kier alpha value is -1.44. The maximum atomic E-state index is 12.6. The topological polar surface area (TPSA) is 92.1 Å². The van der Waals surface area contributed by atoms with Gasteiger partial charge in [-0.2, -0.15) is 0 Å². The van der Waals surface area contributed by atoms with Gasteiger partial charge in [0.05, 0.1) is 5.39 Å². The lowest BCUT2D eigenvalue weighted by molar-refractivity contribution is -0.132. The number of halogens is 1. The lowest BCUT2D eigenvalue weighted by Gasteiger charge is -2.30. The molecule has 1 fully saturated rings. The molecule has 8 heteroatoms. The molecule has 1 aliphatic carbocycles. The molecule has 2 aliphatic rings. The Kier molecular flexibility index (Phi) is 6.23. The molecular formula is C19H27ClN4O2S. The molecular weight excluding hydrogens is 384 g/mol. The molecule has 3 N–H and O–H groups in total. The van der Waals surface area contributed by atoms with Gasteiger partial charge in [0.2, 0.25) is 5.91 Å². The van der Waals surface area contributed by atoms with Crippen LogP contribution in [0.25, 0.3) is 10.2 Å². The molecule has 0 radical (unpaired) electrons. The molecule has 1 amide bonds. The van der Waals surface area contributed by atoms with Gasteiger partial charge in [-0.3, -0.25) is 9.59 Å². The molecule has 3 heterocycles. The first-order chi connectivity index (χ1) is 12.5. The number of amides is 1. The highest BCUT2D eigenvalue weighted by Gasteiger charge is 2.24. The van der Waals surface area contributed by atoms with E-state index in [9.17, 15) is 9.59 Å². The first kappa shape index (κ1) is 20.3. The highest BCUT2D eigenvalue weighted by Crippen LogP contribution is 2.35. The number of nitrogens with zero attached hydrogens (tertiary/aromatic N) is 2. The van der Waals surface area contributed by atoms with Gasteiger partial charge in [-0.15, -0.1) is 23.7 Å². The van der Waals surface area contributed by atoms with Crippen molar-refractivity contribution in [1.82, 2.24) is 14.9 Å². The number of rotatable bonds is 3. The Morgan fingerprint density at radius 1 is 1.41 bits per heavy atom. The smallest absolute Gasteiger partial charge is 0.259 e. The first-order valence-corrected chi connectivity index (χ1v) is 10.4. The van der Waals surface area contributed by atoms with Gasteiger partial charge in [0.1, 0.15) is 10.7 Å². The van der Waals surface area contributed by atoms with Crippen molar-refractivity contribution < 1.29 is 4.79 Å². The third-order valence-corrected chi connectivity index (χ3v) is 6.75. The molecule has 27 heavy (non-hydrogen) atoms. The predicted octanol–water partition coefficient (Wildman–Crippen LogP) is 2.41. The van der Waals surface area contributed by atoms with Crippen molar-refractivity contribution in [2.45, 2.75) is 57.9 Å². The van der Waals surface area contributed by atoms with Crippen LogP contribution in [0.15, 0.2) is 4.79 Å². The largest absolute Gasteiger partial charge is 0.341 e. The van der Waals surface area contributed by atoms with Crippen molar-refractivity contribution >= 4 is 39.9 Å². The Labute approximate surface area is 169 Å². The molecule has 4 rings (SSSR count). The average molecular weight is 411 g/mol. The lowest BCUT2D eigenvalue weighted by atomic mass is 9.89. The van der Waals surface area contributed by atoms with Gasteiger partial charge in [0.25, 0.3) is 5.56 Å². The maximum Gasteiger partial charge on any atom is 0.259 e. The van der Waals surface area contributed by atoms with Gasteiger partial charge in [-0.1, -0.05) is 6.92 Å². The van der Waals surface area contributed by atoms with Crippen molar-refractivity contribution in [3.8, 4) is 0 Å². The number of piperidine rings is 1. The minimum Gasteiger partial charge on any atom is -0.341 e. The molecule has 2 aromatic rings. The van der Waals surface area contributed by atoms with Crippen molar-refractivity contribution in [1.29, 1.82) is 0 Å². The van der Waals surface area contributed by atoms with Crippen LogP contribution in [0.4, 0.5) is 0 Å². The van der Waals surface area contributed by atoms with Crippen molar-refractivity contribution in [3.63, 3.8) is 0 Å². The van der Waals surface area contributed by atoms with E-state index >= 15 is 0 Å². The van der Waals surface area contributed by atoms with E-state index < -0.39 is 0 Å². The summed E-state index contributed by atoms with van der Waals surface area (Å²) >= 11 is 1.65. The highest BCUT2D eigenvalue weighted by molar-refractivity contribution is 7.18. The standard InChI is InChI=1S/C19H26N4O2S.ClH/c1-11-4-5-13-14(9-11)26-19-17(13)18(25)21-15(22-19)6-7-16(24)23-8-2-3-12(20)10-23;/h11-12H,2-10,20H2,1H3,(H,21,22,25);1H. The first-order valence-electron chi connectivity index (χ1n) is 9.58. The Morgan fingerprint density at radius 2 is 2.22 bits per heavy atom. The number of fused-ring (bicyclic) bond motifs is 3. The summed E-state index contributed by atoms with van der Waals surface area (Å²) in [5, 5.41) is 0.772. The summed E-state index contributed by atoms with van der Waals surface area (Å²) in [6, 6.07) is 0.0850. The number of H-pyrrole nitrogens is 1. The summed E-state index contributed by atoms with van der Waals surface area (Å²) in [7, 11) is 0. The zero-order valence-electron chi connectivity index (χ0n) is 15.6. The van der Waals surface area contributed by atoms with E-state index in [2.05, 4.69) is 16.9 Å². The average Bonchev–Trinajstić information content (AvgIpc) is 2.97. The molecule has 0 bridgehead atoms. The van der Waals surface area contributed by atoms with Crippen LogP contribution in [0.5, 0.6) is 0 Å². The van der Waals surface area contributed by atoms with E-state index in [4.69, 9.17) is 5.73 Å². The van der Waals surface area contributed by atoms with Crippen molar-refractivity contribution in [3.05, 3.63) is 26.6 Å². The van der Waals surface area contributed by atoms with E-state index in [-0.39, 0.29) is 29.9 Å². The quantitative estimate of drug-likeness (QED) is 0.812. The normalized spacial score (nSPS) is 22.4. The van der Waals surface area contributed by atoms with Crippen LogP contribution < -0.4 is 11.3 Å². The van der Waals surface area contributed by atoms with Gasteiger partial charge in [0, 0.05) is 36.9 Å². The molecule has 0 spiro atoms. The number of aryl methyl sites for hydroxylation is 2. The van der Waals surface area contributed by atoms with Gasteiger partial charge in [-0.25, -0.2) is 4.98 Å². The fourth-order valence-corrected chi connectivity index (χ4v) is 5.53. The highest BCUT2D eigenvalue weighted by atomic mass is 35.5. The van der Waals surface area contributed by atoms with E-state index in [1.165, 1.54) is 10.4 Å². The van der Waals surface area contributed by atoms with Crippen molar-refractivity contribution in [2.75, 3.05) is 13.1 Å². The number of nitrogens with one attached hydrogen (secondary N) is 1. The Bertz CT molecular complexity index is 894. The Morgan fingerprint density at radius 3 is 3.00 bits per heavy atom. The summed E-state index contributed by atoms with van der Waals surface area (Å²) in [6.45, 7) is 3.68. The summed E-state index contributed by atoms with van der Waals surface area (Å²) in [4.78, 5) is 36.6. The van der Waals surface area contributed by atoms with Gasteiger partial charge < -0.3 is 15.6 Å². The fraction of sp³-hybridized carbons (Fsp3) is 0.632. The summed E-state index contributed by atoms with van der Waals surface area (Å²) < 4.78 is 0. The third-order valence-electron chi connectivity index (χ3n) is 5.60. The number of hydrogen-bond donors (Lipinski definition) is 2. The number of likely N-dealkylation sites (tertiary alicyclic amines) is 1. The summed E-state index contributed by atoms with van der Waals surface area (Å²) in [5.41, 5.74) is 7.10. The minimum absolute atomic E-state index is 0. The van der Waals surface area contributed by atoms with E-state index in [0.717, 1.165) is 48.9 Å². The lowest BCUT2D eigenvalue weighted by Crippen LogP contribution is -2.45. The second kappa shape index (κ2) is 8.29.